The Morgan fingerprint density at radius 2 is 2.06 bits per heavy atom. The van der Waals surface area contributed by atoms with Crippen LogP contribution in [0.15, 0.2) is 23.6 Å². The second-order valence-electron chi connectivity index (χ2n) is 3.41. The van der Waals surface area contributed by atoms with Crippen molar-refractivity contribution in [3.05, 3.63) is 45.1 Å². The second-order valence-corrected chi connectivity index (χ2v) is 4.73. The molecule has 0 unspecified atom stereocenters. The molecule has 0 aliphatic heterocycles. The molecule has 0 atom stereocenters. The molecule has 0 aliphatic carbocycles. The number of benzene rings is 1. The number of halogens is 3. The average molecular weight is 289 g/mol. The first kappa shape index (κ1) is 12.8. The molecule has 2 aromatic rings. The van der Waals surface area contributed by atoms with Gasteiger partial charge in [0, 0.05) is 6.07 Å². The van der Waals surface area contributed by atoms with Crippen LogP contribution in [-0.2, 0) is 0 Å². The second kappa shape index (κ2) is 4.91. The monoisotopic (exact) mass is 288 g/mol. The Morgan fingerprint density at radius 3 is 2.67 bits per heavy atom. The molecule has 0 fully saturated rings. The SMILES string of the molecule is Nc1cc(NC(=O)c2sccc2Cl)c(F)cc1F. The van der Waals surface area contributed by atoms with Gasteiger partial charge in [-0.1, -0.05) is 11.6 Å². The largest absolute Gasteiger partial charge is 0.396 e. The highest BCUT2D eigenvalue weighted by molar-refractivity contribution is 7.12. The molecule has 1 amide bonds. The van der Waals surface area contributed by atoms with E-state index in [4.69, 9.17) is 17.3 Å². The summed E-state index contributed by atoms with van der Waals surface area (Å²) >= 11 is 6.89. The van der Waals surface area contributed by atoms with E-state index in [-0.39, 0.29) is 21.3 Å². The predicted octanol–water partition coefficient (Wildman–Crippen LogP) is 3.51. The maximum atomic E-state index is 13.4. The van der Waals surface area contributed by atoms with Crippen LogP contribution in [0.2, 0.25) is 5.02 Å². The maximum Gasteiger partial charge on any atom is 0.267 e. The zero-order valence-electron chi connectivity index (χ0n) is 8.84. The predicted molar refractivity (Wildman–Crippen MR) is 68.1 cm³/mol. The zero-order valence-corrected chi connectivity index (χ0v) is 10.4. The summed E-state index contributed by atoms with van der Waals surface area (Å²) in [5.41, 5.74) is 4.86. The van der Waals surface area contributed by atoms with Crippen molar-refractivity contribution in [2.24, 2.45) is 0 Å². The van der Waals surface area contributed by atoms with Gasteiger partial charge in [0.2, 0.25) is 0 Å². The van der Waals surface area contributed by atoms with Gasteiger partial charge >= 0.3 is 0 Å². The normalized spacial score (nSPS) is 10.4. The minimum Gasteiger partial charge on any atom is -0.396 e. The molecule has 1 aromatic heterocycles. The number of anilines is 2. The Kier molecular flexibility index (Phi) is 3.49. The van der Waals surface area contributed by atoms with Crippen LogP contribution in [0.4, 0.5) is 20.2 Å². The van der Waals surface area contributed by atoms with Gasteiger partial charge in [-0.05, 0) is 17.5 Å². The molecule has 7 heteroatoms. The summed E-state index contributed by atoms with van der Waals surface area (Å²) in [5.74, 6) is -2.35. The lowest BCUT2D eigenvalue weighted by Crippen LogP contribution is -2.12. The minimum absolute atomic E-state index is 0.191. The van der Waals surface area contributed by atoms with Crippen LogP contribution in [-0.4, -0.2) is 5.91 Å². The number of nitrogen functional groups attached to an aromatic ring is 1. The molecule has 1 aromatic carbocycles. The Morgan fingerprint density at radius 1 is 1.33 bits per heavy atom. The summed E-state index contributed by atoms with van der Waals surface area (Å²) in [4.78, 5) is 12.0. The third-order valence-corrected chi connectivity index (χ3v) is 3.50. The van der Waals surface area contributed by atoms with Gasteiger partial charge in [0.05, 0.1) is 16.4 Å². The minimum atomic E-state index is -0.900. The van der Waals surface area contributed by atoms with Crippen LogP contribution >= 0.6 is 22.9 Å². The van der Waals surface area contributed by atoms with Crippen LogP contribution in [0.25, 0.3) is 0 Å². The molecular weight excluding hydrogens is 282 g/mol. The molecule has 0 radical (unpaired) electrons. The van der Waals surface area contributed by atoms with Crippen LogP contribution in [0.3, 0.4) is 0 Å². The van der Waals surface area contributed by atoms with Crippen molar-refractivity contribution >= 4 is 40.2 Å². The number of nitrogens with one attached hydrogen (secondary N) is 1. The van der Waals surface area contributed by atoms with E-state index in [2.05, 4.69) is 5.32 Å². The molecule has 0 spiro atoms. The summed E-state index contributed by atoms with van der Waals surface area (Å²) in [6, 6.07) is 3.18. The first-order valence-corrected chi connectivity index (χ1v) is 6.03. The van der Waals surface area contributed by atoms with Crippen LogP contribution < -0.4 is 11.1 Å². The third-order valence-electron chi connectivity index (χ3n) is 2.16. The van der Waals surface area contributed by atoms with E-state index in [0.717, 1.165) is 17.4 Å². The molecular formula is C11H7ClF2N2OS. The van der Waals surface area contributed by atoms with Gasteiger partial charge < -0.3 is 11.1 Å². The van der Waals surface area contributed by atoms with Crippen molar-refractivity contribution in [2.45, 2.75) is 0 Å². The van der Waals surface area contributed by atoms with Gasteiger partial charge in [-0.15, -0.1) is 11.3 Å². The Labute approximate surface area is 110 Å². The van der Waals surface area contributed by atoms with Crippen molar-refractivity contribution in [1.82, 2.24) is 0 Å². The molecule has 0 aliphatic rings. The van der Waals surface area contributed by atoms with Gasteiger partial charge in [0.15, 0.2) is 0 Å². The van der Waals surface area contributed by atoms with Crippen LogP contribution in [0.5, 0.6) is 0 Å². The molecule has 1 heterocycles. The van der Waals surface area contributed by atoms with E-state index in [1.54, 1.807) is 11.4 Å². The first-order chi connectivity index (χ1) is 8.49. The van der Waals surface area contributed by atoms with Gasteiger partial charge in [-0.25, -0.2) is 8.78 Å². The smallest absolute Gasteiger partial charge is 0.267 e. The molecule has 0 saturated carbocycles. The third kappa shape index (κ3) is 2.44. The number of hydrogen-bond acceptors (Lipinski definition) is 3. The number of carbonyl (C=O) groups excluding carboxylic acids is 1. The van der Waals surface area contributed by atoms with Crippen molar-refractivity contribution in [1.29, 1.82) is 0 Å². The van der Waals surface area contributed by atoms with E-state index in [1.807, 2.05) is 0 Å². The van der Waals surface area contributed by atoms with Crippen molar-refractivity contribution in [2.75, 3.05) is 11.1 Å². The summed E-state index contributed by atoms with van der Waals surface area (Å²) in [6.45, 7) is 0. The molecule has 3 nitrogen and oxygen atoms in total. The fourth-order valence-electron chi connectivity index (χ4n) is 1.30. The first-order valence-electron chi connectivity index (χ1n) is 4.78. The Balaban J connectivity index is 2.28. The fraction of sp³-hybridized carbons (Fsp3) is 0. The highest BCUT2D eigenvalue weighted by atomic mass is 35.5. The number of nitrogens with two attached hydrogens (primary N) is 1. The highest BCUT2D eigenvalue weighted by Crippen LogP contribution is 2.25. The van der Waals surface area contributed by atoms with E-state index in [0.29, 0.717) is 6.07 Å². The van der Waals surface area contributed by atoms with Gasteiger partial charge in [0.1, 0.15) is 16.5 Å². The van der Waals surface area contributed by atoms with Gasteiger partial charge in [-0.2, -0.15) is 0 Å². The van der Waals surface area contributed by atoms with Crippen molar-refractivity contribution < 1.29 is 13.6 Å². The van der Waals surface area contributed by atoms with E-state index >= 15 is 0 Å². The molecule has 3 N–H and O–H groups in total. The average Bonchev–Trinajstić information content (AvgIpc) is 2.72. The summed E-state index contributed by atoms with van der Waals surface area (Å²) in [6.07, 6.45) is 0. The van der Waals surface area contributed by atoms with Gasteiger partial charge in [0.25, 0.3) is 5.91 Å². The fourth-order valence-corrected chi connectivity index (χ4v) is 2.33. The topological polar surface area (TPSA) is 55.1 Å². The highest BCUT2D eigenvalue weighted by Gasteiger charge is 2.15. The zero-order chi connectivity index (χ0) is 13.3. The lowest BCUT2D eigenvalue weighted by Gasteiger charge is -2.07. The Hall–Kier alpha value is -1.66. The van der Waals surface area contributed by atoms with Gasteiger partial charge in [-0.3, -0.25) is 4.79 Å². The number of thiophene rings is 1. The van der Waals surface area contributed by atoms with E-state index in [1.165, 1.54) is 0 Å². The van der Waals surface area contributed by atoms with E-state index < -0.39 is 17.5 Å². The molecule has 18 heavy (non-hydrogen) atoms. The van der Waals surface area contributed by atoms with Crippen molar-refractivity contribution in [3.63, 3.8) is 0 Å². The van der Waals surface area contributed by atoms with Crippen LogP contribution in [0.1, 0.15) is 9.67 Å². The molecule has 94 valence electrons. The van der Waals surface area contributed by atoms with Crippen molar-refractivity contribution in [3.8, 4) is 0 Å². The Bertz CT molecular complexity index is 615. The summed E-state index contributed by atoms with van der Waals surface area (Å²) in [5, 5.41) is 4.19. The summed E-state index contributed by atoms with van der Waals surface area (Å²) < 4.78 is 26.3. The van der Waals surface area contributed by atoms with Crippen LogP contribution in [0, 0.1) is 11.6 Å². The number of hydrogen-bond donors (Lipinski definition) is 2. The maximum absolute atomic E-state index is 13.4. The standard InChI is InChI=1S/C11H7ClF2N2OS/c12-5-1-2-18-10(5)11(17)16-9-4-8(15)6(13)3-7(9)14/h1-4H,15H2,(H,16,17). The number of rotatable bonds is 2. The number of carbonyl (C=O) groups is 1. The quantitative estimate of drug-likeness (QED) is 0.831. The van der Waals surface area contributed by atoms with E-state index in [9.17, 15) is 13.6 Å². The molecule has 0 bridgehead atoms. The summed E-state index contributed by atoms with van der Waals surface area (Å²) in [7, 11) is 0. The lowest BCUT2D eigenvalue weighted by molar-refractivity contribution is 0.103. The molecule has 0 saturated heterocycles. The molecule has 2 rings (SSSR count). The lowest BCUT2D eigenvalue weighted by atomic mass is 10.2. The number of amides is 1.